The Morgan fingerprint density at radius 3 is 2.63 bits per heavy atom. The minimum Gasteiger partial charge on any atom is -0.350 e. The molecular formula is C24H25N5O. The molecule has 0 aliphatic rings. The van der Waals surface area contributed by atoms with Gasteiger partial charge in [-0.1, -0.05) is 43.7 Å². The van der Waals surface area contributed by atoms with Crippen LogP contribution in [0.2, 0.25) is 0 Å². The number of hydrogen-bond donors (Lipinski definition) is 1. The maximum atomic E-state index is 13.1. The number of nitrogens with zero attached hydrogens (tertiary/aromatic N) is 4. The van der Waals surface area contributed by atoms with Crippen molar-refractivity contribution in [1.29, 1.82) is 0 Å². The molecule has 0 radical (unpaired) electrons. The van der Waals surface area contributed by atoms with E-state index in [1.807, 2.05) is 60.1 Å². The second-order valence-corrected chi connectivity index (χ2v) is 7.48. The monoisotopic (exact) mass is 399 g/mol. The first-order valence-electron chi connectivity index (χ1n) is 10.3. The first-order chi connectivity index (χ1) is 14.7. The fraction of sp³-hybridized carbons (Fsp3) is 0.250. The Labute approximate surface area is 176 Å². The summed E-state index contributed by atoms with van der Waals surface area (Å²) in [5, 5.41) is 8.41. The van der Waals surface area contributed by atoms with Crippen molar-refractivity contribution in [1.82, 2.24) is 25.1 Å². The summed E-state index contributed by atoms with van der Waals surface area (Å²) in [4.78, 5) is 22.0. The van der Waals surface area contributed by atoms with Crippen LogP contribution in [0.5, 0.6) is 0 Å². The van der Waals surface area contributed by atoms with Crippen molar-refractivity contribution in [3.63, 3.8) is 0 Å². The summed E-state index contributed by atoms with van der Waals surface area (Å²) in [6, 6.07) is 15.8. The molecule has 1 aromatic carbocycles. The van der Waals surface area contributed by atoms with E-state index >= 15 is 0 Å². The van der Waals surface area contributed by atoms with Crippen molar-refractivity contribution in [3.8, 4) is 11.3 Å². The van der Waals surface area contributed by atoms with Crippen molar-refractivity contribution in [2.75, 3.05) is 0 Å². The second-order valence-electron chi connectivity index (χ2n) is 7.48. The highest BCUT2D eigenvalue weighted by atomic mass is 16.1. The third-order valence-corrected chi connectivity index (χ3v) is 5.10. The number of fused-ring (bicyclic) bond motifs is 1. The average Bonchev–Trinajstić information content (AvgIpc) is 3.17. The molecule has 4 rings (SSSR count). The van der Waals surface area contributed by atoms with Crippen molar-refractivity contribution in [3.05, 3.63) is 78.2 Å². The number of aromatic nitrogens is 4. The van der Waals surface area contributed by atoms with E-state index in [1.165, 1.54) is 0 Å². The largest absolute Gasteiger partial charge is 0.350 e. The molecule has 0 aliphatic heterocycles. The normalized spacial score (nSPS) is 12.1. The van der Waals surface area contributed by atoms with Gasteiger partial charge in [0, 0.05) is 24.0 Å². The third kappa shape index (κ3) is 4.22. The predicted molar refractivity (Wildman–Crippen MR) is 118 cm³/mol. The molecule has 1 atom stereocenters. The Hall–Kier alpha value is -3.54. The summed E-state index contributed by atoms with van der Waals surface area (Å²) in [5.74, 6) is -0.0935. The molecule has 0 fully saturated rings. The minimum atomic E-state index is -0.0935. The highest BCUT2D eigenvalue weighted by Crippen LogP contribution is 2.25. The van der Waals surface area contributed by atoms with Gasteiger partial charge in [-0.3, -0.25) is 9.78 Å². The highest BCUT2D eigenvalue weighted by Gasteiger charge is 2.19. The maximum Gasteiger partial charge on any atom is 0.252 e. The zero-order valence-corrected chi connectivity index (χ0v) is 17.2. The summed E-state index contributed by atoms with van der Waals surface area (Å²) < 4.78 is 1.84. The van der Waals surface area contributed by atoms with Crippen molar-refractivity contribution in [2.24, 2.45) is 0 Å². The number of benzene rings is 1. The fourth-order valence-electron chi connectivity index (χ4n) is 3.58. The van der Waals surface area contributed by atoms with Crippen LogP contribution in [0, 0.1) is 0 Å². The van der Waals surface area contributed by atoms with Crippen LogP contribution in [0.25, 0.3) is 22.3 Å². The standard InChI is InChI=1S/C24H25N5O/c1-3-7-17(2)27-24(30)20-14-22(19-8-5-4-6-9-19)28-23-21(20)15-26-29(23)16-18-10-12-25-13-11-18/h4-6,8-15,17H,3,7,16H2,1-2H3,(H,27,30). The first-order valence-corrected chi connectivity index (χ1v) is 10.3. The summed E-state index contributed by atoms with van der Waals surface area (Å²) in [6.45, 7) is 4.71. The van der Waals surface area contributed by atoms with Crippen LogP contribution in [0.15, 0.2) is 67.1 Å². The molecule has 1 unspecified atom stereocenters. The van der Waals surface area contributed by atoms with Crippen LogP contribution in [-0.4, -0.2) is 31.7 Å². The molecule has 3 heterocycles. The second kappa shape index (κ2) is 8.86. The molecule has 0 saturated carbocycles. The number of carbonyl (C=O) groups is 1. The SMILES string of the molecule is CCCC(C)NC(=O)c1cc(-c2ccccc2)nc2c1cnn2Cc1ccncc1. The number of rotatable bonds is 7. The van der Waals surface area contributed by atoms with Crippen LogP contribution < -0.4 is 5.32 Å². The number of pyridine rings is 2. The molecule has 6 nitrogen and oxygen atoms in total. The molecule has 1 N–H and O–H groups in total. The van der Waals surface area contributed by atoms with Crippen LogP contribution in [-0.2, 0) is 6.54 Å². The molecular weight excluding hydrogens is 374 g/mol. The smallest absolute Gasteiger partial charge is 0.252 e. The molecule has 4 aromatic rings. The van der Waals surface area contributed by atoms with Gasteiger partial charge in [0.05, 0.1) is 29.4 Å². The number of hydrogen-bond acceptors (Lipinski definition) is 4. The molecule has 30 heavy (non-hydrogen) atoms. The lowest BCUT2D eigenvalue weighted by molar-refractivity contribution is 0.0940. The summed E-state index contributed by atoms with van der Waals surface area (Å²) in [7, 11) is 0. The number of nitrogens with one attached hydrogen (secondary N) is 1. The van der Waals surface area contributed by atoms with Gasteiger partial charge >= 0.3 is 0 Å². The van der Waals surface area contributed by atoms with E-state index < -0.39 is 0 Å². The summed E-state index contributed by atoms with van der Waals surface area (Å²) in [6.07, 6.45) is 7.21. The molecule has 3 aromatic heterocycles. The lowest BCUT2D eigenvalue weighted by atomic mass is 10.1. The molecule has 0 spiro atoms. The average molecular weight is 399 g/mol. The minimum absolute atomic E-state index is 0.0935. The van der Waals surface area contributed by atoms with E-state index in [2.05, 4.69) is 22.3 Å². The van der Waals surface area contributed by atoms with Crippen molar-refractivity contribution >= 4 is 16.9 Å². The molecule has 0 saturated heterocycles. The number of amides is 1. The lowest BCUT2D eigenvalue weighted by Crippen LogP contribution is -2.32. The van der Waals surface area contributed by atoms with E-state index in [4.69, 9.17) is 4.98 Å². The maximum absolute atomic E-state index is 13.1. The fourth-order valence-corrected chi connectivity index (χ4v) is 3.58. The highest BCUT2D eigenvalue weighted by molar-refractivity contribution is 6.06. The third-order valence-electron chi connectivity index (χ3n) is 5.10. The summed E-state index contributed by atoms with van der Waals surface area (Å²) >= 11 is 0. The topological polar surface area (TPSA) is 72.7 Å². The van der Waals surface area contributed by atoms with Gasteiger partial charge in [0.25, 0.3) is 5.91 Å². The van der Waals surface area contributed by atoms with Crippen LogP contribution >= 0.6 is 0 Å². The zero-order chi connectivity index (χ0) is 20.9. The molecule has 6 heteroatoms. The van der Waals surface area contributed by atoms with Gasteiger partial charge in [-0.2, -0.15) is 5.10 Å². The van der Waals surface area contributed by atoms with E-state index in [1.54, 1.807) is 18.6 Å². The van der Waals surface area contributed by atoms with Gasteiger partial charge in [-0.15, -0.1) is 0 Å². The van der Waals surface area contributed by atoms with Crippen LogP contribution in [0.1, 0.15) is 42.6 Å². The van der Waals surface area contributed by atoms with Gasteiger partial charge in [-0.05, 0) is 37.1 Å². The van der Waals surface area contributed by atoms with Gasteiger partial charge in [0.1, 0.15) is 0 Å². The van der Waals surface area contributed by atoms with E-state index in [-0.39, 0.29) is 11.9 Å². The van der Waals surface area contributed by atoms with Gasteiger partial charge in [-0.25, -0.2) is 9.67 Å². The lowest BCUT2D eigenvalue weighted by Gasteiger charge is -2.14. The zero-order valence-electron chi connectivity index (χ0n) is 17.2. The summed E-state index contributed by atoms with van der Waals surface area (Å²) in [5.41, 5.74) is 4.09. The van der Waals surface area contributed by atoms with E-state index in [9.17, 15) is 4.79 Å². The Bertz CT molecular complexity index is 1140. The van der Waals surface area contributed by atoms with E-state index in [0.29, 0.717) is 17.8 Å². The first kappa shape index (κ1) is 19.8. The Morgan fingerprint density at radius 1 is 1.13 bits per heavy atom. The van der Waals surface area contributed by atoms with Crippen molar-refractivity contribution < 1.29 is 4.79 Å². The number of carbonyl (C=O) groups excluding carboxylic acids is 1. The molecule has 152 valence electrons. The van der Waals surface area contributed by atoms with Crippen molar-refractivity contribution in [2.45, 2.75) is 39.3 Å². The van der Waals surface area contributed by atoms with Gasteiger partial charge in [0.2, 0.25) is 0 Å². The predicted octanol–water partition coefficient (Wildman–Crippen LogP) is 4.46. The van der Waals surface area contributed by atoms with Crippen LogP contribution in [0.4, 0.5) is 0 Å². The Balaban J connectivity index is 1.80. The van der Waals surface area contributed by atoms with E-state index in [0.717, 1.165) is 35.0 Å². The Morgan fingerprint density at radius 2 is 1.90 bits per heavy atom. The van der Waals surface area contributed by atoms with Gasteiger partial charge in [0.15, 0.2) is 5.65 Å². The molecule has 1 amide bonds. The quantitative estimate of drug-likeness (QED) is 0.498. The molecule has 0 aliphatic carbocycles. The van der Waals surface area contributed by atoms with Crippen LogP contribution in [0.3, 0.4) is 0 Å². The van der Waals surface area contributed by atoms with Gasteiger partial charge < -0.3 is 5.32 Å². The molecule has 0 bridgehead atoms. The Kier molecular flexibility index (Phi) is 5.84.